The molecule has 0 aromatic rings. The number of esters is 1. The summed E-state index contributed by atoms with van der Waals surface area (Å²) in [6, 6.07) is 0. The van der Waals surface area contributed by atoms with Crippen molar-refractivity contribution in [3.63, 3.8) is 0 Å². The molecule has 0 aliphatic heterocycles. The molecule has 22 heavy (non-hydrogen) atoms. The number of nitrogens with one attached hydrogen (secondary N) is 1. The van der Waals surface area contributed by atoms with Crippen LogP contribution in [0.3, 0.4) is 0 Å². The fourth-order valence-corrected chi connectivity index (χ4v) is 1.68. The number of aliphatic hydroxyl groups is 1. The number of amides is 1. The van der Waals surface area contributed by atoms with Gasteiger partial charge >= 0.3 is 12.1 Å². The van der Waals surface area contributed by atoms with Crippen LogP contribution in [0.1, 0.15) is 53.9 Å². The summed E-state index contributed by atoms with van der Waals surface area (Å²) in [5, 5.41) is 12.0. The molecule has 1 atom stereocenters. The van der Waals surface area contributed by atoms with Crippen LogP contribution in [0.5, 0.6) is 0 Å². The summed E-state index contributed by atoms with van der Waals surface area (Å²) in [4.78, 5) is 23.3. The highest BCUT2D eigenvalue weighted by molar-refractivity contribution is 5.77. The van der Waals surface area contributed by atoms with Crippen molar-refractivity contribution in [1.82, 2.24) is 5.32 Å². The highest BCUT2D eigenvalue weighted by Gasteiger charge is 2.36. The number of ether oxygens (including phenoxy) is 2. The van der Waals surface area contributed by atoms with E-state index in [0.29, 0.717) is 6.54 Å². The first-order valence-corrected chi connectivity index (χ1v) is 7.89. The summed E-state index contributed by atoms with van der Waals surface area (Å²) in [6.45, 7) is 9.80. The Hall–Kier alpha value is -1.30. The van der Waals surface area contributed by atoms with Crippen molar-refractivity contribution < 1.29 is 24.2 Å². The number of rotatable bonds is 10. The maximum absolute atomic E-state index is 11.7. The number of alkyl carbamates (subject to hydrolysis) is 1. The lowest BCUT2D eigenvalue weighted by Gasteiger charge is -2.24. The Kier molecular flexibility index (Phi) is 9.09. The molecule has 0 saturated carbocycles. The highest BCUT2D eigenvalue weighted by Crippen LogP contribution is 2.25. The Morgan fingerprint density at radius 1 is 1.14 bits per heavy atom. The van der Waals surface area contributed by atoms with Gasteiger partial charge in [-0.15, -0.1) is 0 Å². The Morgan fingerprint density at radius 3 is 2.27 bits per heavy atom. The topological polar surface area (TPSA) is 84.9 Å². The Bertz CT molecular complexity index is 356. The lowest BCUT2D eigenvalue weighted by atomic mass is 9.85. The predicted octanol–water partition coefficient (Wildman–Crippen LogP) is 2.49. The molecule has 0 fully saturated rings. The second-order valence-electron chi connectivity index (χ2n) is 6.56. The molecular weight excluding hydrogens is 286 g/mol. The van der Waals surface area contributed by atoms with Crippen LogP contribution in [0.25, 0.3) is 0 Å². The van der Waals surface area contributed by atoms with Crippen molar-refractivity contribution in [3.8, 4) is 0 Å². The molecule has 0 radical (unpaired) electrons. The molecule has 0 aromatic heterocycles. The van der Waals surface area contributed by atoms with Gasteiger partial charge in [0, 0.05) is 6.54 Å². The molecule has 2 N–H and O–H groups in total. The third-order valence-corrected chi connectivity index (χ3v) is 3.90. The second kappa shape index (κ2) is 9.66. The van der Waals surface area contributed by atoms with E-state index in [9.17, 15) is 14.7 Å². The highest BCUT2D eigenvalue weighted by atomic mass is 16.6. The molecule has 1 amide bonds. The first-order chi connectivity index (χ1) is 10.2. The summed E-state index contributed by atoms with van der Waals surface area (Å²) in [5.74, 6) is -0.574. The van der Waals surface area contributed by atoms with Crippen LogP contribution in [0.2, 0.25) is 0 Å². The van der Waals surface area contributed by atoms with Crippen LogP contribution < -0.4 is 5.32 Å². The van der Waals surface area contributed by atoms with Gasteiger partial charge < -0.3 is 19.9 Å². The molecule has 1 unspecified atom stereocenters. The van der Waals surface area contributed by atoms with Gasteiger partial charge in [0.15, 0.2) is 0 Å². The number of hydrogen-bond acceptors (Lipinski definition) is 5. The second-order valence-corrected chi connectivity index (χ2v) is 6.56. The minimum atomic E-state index is -1.22. The van der Waals surface area contributed by atoms with E-state index in [1.807, 2.05) is 0 Å². The number of hydrogen-bond donors (Lipinski definition) is 2. The van der Waals surface area contributed by atoms with E-state index in [4.69, 9.17) is 9.47 Å². The summed E-state index contributed by atoms with van der Waals surface area (Å²) < 4.78 is 9.88. The first kappa shape index (κ1) is 20.7. The molecule has 0 bridgehead atoms. The van der Waals surface area contributed by atoms with Gasteiger partial charge in [-0.3, -0.25) is 4.79 Å². The maximum atomic E-state index is 11.7. The third-order valence-electron chi connectivity index (χ3n) is 3.90. The third kappa shape index (κ3) is 7.64. The molecule has 0 aliphatic carbocycles. The van der Waals surface area contributed by atoms with Crippen LogP contribution in [-0.4, -0.2) is 43.5 Å². The van der Waals surface area contributed by atoms with E-state index < -0.39 is 24.1 Å². The standard InChI is InChI=1S/C16H31NO5/c1-6-15(3,4)9-8-10-17-14(20)22-12-16(5,11-18)13(19)21-7-2/h18H,6-12H2,1-5H3,(H,17,20). The monoisotopic (exact) mass is 317 g/mol. The fraction of sp³-hybridized carbons (Fsp3) is 0.875. The van der Waals surface area contributed by atoms with Crippen molar-refractivity contribution >= 4 is 12.1 Å². The fourth-order valence-electron chi connectivity index (χ4n) is 1.68. The van der Waals surface area contributed by atoms with Gasteiger partial charge in [-0.05, 0) is 32.1 Å². The van der Waals surface area contributed by atoms with Crippen LogP contribution >= 0.6 is 0 Å². The van der Waals surface area contributed by atoms with Crippen molar-refractivity contribution in [3.05, 3.63) is 0 Å². The van der Waals surface area contributed by atoms with E-state index >= 15 is 0 Å². The van der Waals surface area contributed by atoms with Crippen LogP contribution in [-0.2, 0) is 14.3 Å². The van der Waals surface area contributed by atoms with Crippen molar-refractivity contribution in [2.75, 3.05) is 26.4 Å². The van der Waals surface area contributed by atoms with Gasteiger partial charge in [0.25, 0.3) is 0 Å². The largest absolute Gasteiger partial charge is 0.465 e. The molecule has 0 heterocycles. The summed E-state index contributed by atoms with van der Waals surface area (Å²) >= 11 is 0. The first-order valence-electron chi connectivity index (χ1n) is 7.89. The molecule has 6 nitrogen and oxygen atoms in total. The van der Waals surface area contributed by atoms with E-state index in [0.717, 1.165) is 19.3 Å². The van der Waals surface area contributed by atoms with Crippen molar-refractivity contribution in [2.24, 2.45) is 10.8 Å². The van der Waals surface area contributed by atoms with E-state index in [1.54, 1.807) is 6.92 Å². The van der Waals surface area contributed by atoms with E-state index in [-0.39, 0.29) is 18.6 Å². The minimum Gasteiger partial charge on any atom is -0.465 e. The molecule has 0 rings (SSSR count). The van der Waals surface area contributed by atoms with Crippen molar-refractivity contribution in [2.45, 2.75) is 53.9 Å². The van der Waals surface area contributed by atoms with E-state index in [2.05, 4.69) is 26.1 Å². The van der Waals surface area contributed by atoms with E-state index in [1.165, 1.54) is 6.92 Å². The number of carbonyl (C=O) groups excluding carboxylic acids is 2. The van der Waals surface area contributed by atoms with Crippen LogP contribution in [0.15, 0.2) is 0 Å². The summed E-state index contributed by atoms with van der Waals surface area (Å²) in [6.07, 6.45) is 2.39. The lowest BCUT2D eigenvalue weighted by Crippen LogP contribution is -2.40. The number of carbonyl (C=O) groups is 2. The van der Waals surface area contributed by atoms with Gasteiger partial charge in [-0.1, -0.05) is 27.2 Å². The molecule has 6 heteroatoms. The molecule has 0 saturated heterocycles. The summed E-state index contributed by atoms with van der Waals surface area (Å²) in [5.41, 5.74) is -0.956. The van der Waals surface area contributed by atoms with Gasteiger partial charge in [0.2, 0.25) is 0 Å². The van der Waals surface area contributed by atoms with Gasteiger partial charge in [-0.25, -0.2) is 4.79 Å². The van der Waals surface area contributed by atoms with Crippen molar-refractivity contribution in [1.29, 1.82) is 0 Å². The quantitative estimate of drug-likeness (QED) is 0.477. The number of aliphatic hydroxyl groups excluding tert-OH is 1. The Labute approximate surface area is 133 Å². The molecular formula is C16H31NO5. The zero-order valence-corrected chi connectivity index (χ0v) is 14.5. The predicted molar refractivity (Wildman–Crippen MR) is 84.5 cm³/mol. The van der Waals surface area contributed by atoms with Crippen LogP contribution in [0.4, 0.5) is 4.79 Å². The summed E-state index contributed by atoms with van der Waals surface area (Å²) in [7, 11) is 0. The average molecular weight is 317 g/mol. The molecule has 130 valence electrons. The minimum absolute atomic E-state index is 0.214. The molecule has 0 spiro atoms. The van der Waals surface area contributed by atoms with Gasteiger partial charge in [0.1, 0.15) is 12.0 Å². The maximum Gasteiger partial charge on any atom is 0.407 e. The Morgan fingerprint density at radius 2 is 1.77 bits per heavy atom. The Balaban J connectivity index is 4.09. The molecule has 0 aromatic carbocycles. The smallest absolute Gasteiger partial charge is 0.407 e. The zero-order chi connectivity index (χ0) is 17.2. The van der Waals surface area contributed by atoms with Crippen LogP contribution in [0, 0.1) is 10.8 Å². The average Bonchev–Trinajstić information content (AvgIpc) is 2.49. The van der Waals surface area contributed by atoms with Gasteiger partial charge in [0.05, 0.1) is 13.2 Å². The molecule has 0 aliphatic rings. The zero-order valence-electron chi connectivity index (χ0n) is 14.5. The normalized spacial score (nSPS) is 14.1. The lowest BCUT2D eigenvalue weighted by molar-refractivity contribution is -0.159. The van der Waals surface area contributed by atoms with Gasteiger partial charge in [-0.2, -0.15) is 0 Å². The SMILES string of the molecule is CCOC(=O)C(C)(CO)COC(=O)NCCCC(C)(C)CC.